The van der Waals surface area contributed by atoms with Crippen LogP contribution in [0.3, 0.4) is 0 Å². The van der Waals surface area contributed by atoms with Crippen LogP contribution >= 0.6 is 0 Å². The predicted octanol–water partition coefficient (Wildman–Crippen LogP) is 3.09. The highest BCUT2D eigenvalue weighted by Crippen LogP contribution is 2.17. The van der Waals surface area contributed by atoms with Crippen LogP contribution in [0.15, 0.2) is 23.2 Å². The number of nitrogens with zero attached hydrogens (tertiary/aromatic N) is 2. The topological polar surface area (TPSA) is 39.7 Å². The van der Waals surface area contributed by atoms with Crippen molar-refractivity contribution >= 4 is 5.96 Å². The van der Waals surface area contributed by atoms with Crippen molar-refractivity contribution in [1.29, 1.82) is 0 Å². The predicted molar refractivity (Wildman–Crippen MR) is 98.9 cm³/mol. The number of likely N-dealkylation sites (tertiary alicyclic amines) is 1. The third kappa shape index (κ3) is 5.20. The third-order valence-electron chi connectivity index (χ3n) is 4.74. The second-order valence-corrected chi connectivity index (χ2v) is 6.78. The Bertz CT molecular complexity index is 558. The lowest BCUT2D eigenvalue weighted by molar-refractivity contribution is 0.324. The van der Waals surface area contributed by atoms with E-state index in [4.69, 9.17) is 0 Å². The van der Waals surface area contributed by atoms with Crippen molar-refractivity contribution in [2.45, 2.75) is 39.7 Å². The van der Waals surface area contributed by atoms with Gasteiger partial charge in [0, 0.05) is 20.1 Å². The van der Waals surface area contributed by atoms with Gasteiger partial charge in [0.2, 0.25) is 0 Å². The molecule has 1 heterocycles. The number of hydrogen-bond donors (Lipinski definition) is 2. The Kier molecular flexibility index (Phi) is 7.03. The van der Waals surface area contributed by atoms with Crippen LogP contribution in [0.25, 0.3) is 0 Å². The van der Waals surface area contributed by atoms with Gasteiger partial charge in [-0.1, -0.05) is 19.1 Å². The summed E-state index contributed by atoms with van der Waals surface area (Å²) >= 11 is 0. The first-order valence-electron chi connectivity index (χ1n) is 8.99. The average Bonchev–Trinajstić information content (AvgIpc) is 3.01. The first-order chi connectivity index (χ1) is 11.5. The molecule has 0 saturated carbocycles. The molecule has 24 heavy (non-hydrogen) atoms. The zero-order valence-corrected chi connectivity index (χ0v) is 15.4. The molecule has 5 heteroatoms. The van der Waals surface area contributed by atoms with Crippen LogP contribution in [0.1, 0.15) is 43.9 Å². The molecule has 1 aromatic rings. The highest BCUT2D eigenvalue weighted by molar-refractivity contribution is 5.80. The van der Waals surface area contributed by atoms with Crippen molar-refractivity contribution in [2.24, 2.45) is 10.9 Å². The van der Waals surface area contributed by atoms with Gasteiger partial charge in [0.1, 0.15) is 5.82 Å². The molecule has 0 aliphatic carbocycles. The quantitative estimate of drug-likeness (QED) is 0.620. The zero-order valence-electron chi connectivity index (χ0n) is 15.4. The van der Waals surface area contributed by atoms with E-state index in [2.05, 4.69) is 27.4 Å². The summed E-state index contributed by atoms with van der Waals surface area (Å²) in [5.74, 6) is 1.28. The highest BCUT2D eigenvalue weighted by atomic mass is 19.1. The van der Waals surface area contributed by atoms with Gasteiger partial charge in [-0.05, 0) is 62.9 Å². The lowest BCUT2D eigenvalue weighted by Gasteiger charge is -2.20. The molecule has 1 aliphatic heterocycles. The Labute approximate surface area is 145 Å². The maximum atomic E-state index is 13.7. The normalized spacial score (nSPS) is 20.2. The van der Waals surface area contributed by atoms with E-state index in [0.29, 0.717) is 11.5 Å². The fourth-order valence-corrected chi connectivity index (χ4v) is 3.20. The Morgan fingerprint density at radius 3 is 2.92 bits per heavy atom. The summed E-state index contributed by atoms with van der Waals surface area (Å²) in [6, 6.07) is 5.38. The lowest BCUT2D eigenvalue weighted by atomic mass is 10.1. The molecule has 2 atom stereocenters. The molecule has 2 unspecified atom stereocenters. The molecule has 0 amide bonds. The lowest BCUT2D eigenvalue weighted by Crippen LogP contribution is -2.41. The van der Waals surface area contributed by atoms with E-state index in [1.54, 1.807) is 20.0 Å². The summed E-state index contributed by atoms with van der Waals surface area (Å²) in [5, 5.41) is 6.77. The third-order valence-corrected chi connectivity index (χ3v) is 4.74. The van der Waals surface area contributed by atoms with Crippen molar-refractivity contribution in [3.05, 3.63) is 35.1 Å². The largest absolute Gasteiger partial charge is 0.356 e. The minimum absolute atomic E-state index is 0.00599. The van der Waals surface area contributed by atoms with Crippen molar-refractivity contribution < 1.29 is 4.39 Å². The molecule has 1 saturated heterocycles. The first kappa shape index (κ1) is 18.7. The number of rotatable bonds is 6. The van der Waals surface area contributed by atoms with E-state index in [1.807, 2.05) is 19.1 Å². The van der Waals surface area contributed by atoms with Gasteiger partial charge in [-0.15, -0.1) is 0 Å². The number of benzene rings is 1. The van der Waals surface area contributed by atoms with Gasteiger partial charge in [0.05, 0.1) is 6.04 Å². The molecule has 1 aliphatic rings. The molecule has 0 bridgehead atoms. The summed E-state index contributed by atoms with van der Waals surface area (Å²) in [6.07, 6.45) is 2.46. The van der Waals surface area contributed by atoms with E-state index in [0.717, 1.165) is 24.6 Å². The number of aryl methyl sites for hydroxylation is 1. The van der Waals surface area contributed by atoms with Gasteiger partial charge in [-0.2, -0.15) is 0 Å². The smallest absolute Gasteiger partial charge is 0.191 e. The molecular weight excluding hydrogens is 303 g/mol. The van der Waals surface area contributed by atoms with Gasteiger partial charge >= 0.3 is 0 Å². The molecule has 0 spiro atoms. The summed E-state index contributed by atoms with van der Waals surface area (Å²) in [5.41, 5.74) is 1.60. The van der Waals surface area contributed by atoms with Crippen LogP contribution in [0, 0.1) is 18.7 Å². The number of guanidine groups is 1. The van der Waals surface area contributed by atoms with Gasteiger partial charge in [0.15, 0.2) is 5.96 Å². The standard InChI is InChI=1S/C19H31FN4/c1-5-9-24-10-8-16(13-24)12-22-19(21-4)23-15(3)17-7-6-14(2)18(20)11-17/h6-7,11,15-16H,5,8-10,12-13H2,1-4H3,(H2,21,22,23). The monoisotopic (exact) mass is 334 g/mol. The number of hydrogen-bond acceptors (Lipinski definition) is 2. The van der Waals surface area contributed by atoms with Crippen molar-refractivity contribution in [2.75, 3.05) is 33.2 Å². The van der Waals surface area contributed by atoms with E-state index in [-0.39, 0.29) is 11.9 Å². The van der Waals surface area contributed by atoms with E-state index in [9.17, 15) is 4.39 Å². The molecule has 1 aromatic carbocycles. The molecule has 2 rings (SSSR count). The van der Waals surface area contributed by atoms with Crippen LogP contribution in [-0.2, 0) is 0 Å². The molecule has 0 aromatic heterocycles. The Morgan fingerprint density at radius 1 is 1.46 bits per heavy atom. The van der Waals surface area contributed by atoms with Gasteiger partial charge in [-0.25, -0.2) is 4.39 Å². The molecule has 1 fully saturated rings. The Balaban J connectivity index is 1.82. The fourth-order valence-electron chi connectivity index (χ4n) is 3.20. The van der Waals surface area contributed by atoms with Crippen molar-refractivity contribution in [3.63, 3.8) is 0 Å². The fraction of sp³-hybridized carbons (Fsp3) is 0.632. The molecule has 2 N–H and O–H groups in total. The van der Waals surface area contributed by atoms with Crippen LogP contribution in [0.4, 0.5) is 4.39 Å². The maximum absolute atomic E-state index is 13.7. The van der Waals surface area contributed by atoms with Gasteiger partial charge in [-0.3, -0.25) is 4.99 Å². The maximum Gasteiger partial charge on any atom is 0.191 e. The van der Waals surface area contributed by atoms with Crippen molar-refractivity contribution in [3.8, 4) is 0 Å². The second-order valence-electron chi connectivity index (χ2n) is 6.78. The van der Waals surface area contributed by atoms with Gasteiger partial charge < -0.3 is 15.5 Å². The molecule has 4 nitrogen and oxygen atoms in total. The van der Waals surface area contributed by atoms with E-state index >= 15 is 0 Å². The average molecular weight is 334 g/mol. The van der Waals surface area contributed by atoms with Crippen molar-refractivity contribution in [1.82, 2.24) is 15.5 Å². The summed E-state index contributed by atoms with van der Waals surface area (Å²) in [7, 11) is 1.77. The molecule has 134 valence electrons. The summed E-state index contributed by atoms with van der Waals surface area (Å²) in [4.78, 5) is 6.82. The van der Waals surface area contributed by atoms with E-state index < -0.39 is 0 Å². The number of nitrogens with one attached hydrogen (secondary N) is 2. The van der Waals surface area contributed by atoms with Crippen LogP contribution in [0.5, 0.6) is 0 Å². The second kappa shape index (κ2) is 9.02. The molecular formula is C19H31FN4. The number of halogens is 1. The summed E-state index contributed by atoms with van der Waals surface area (Å²) in [6.45, 7) is 10.5. The van der Waals surface area contributed by atoms with E-state index in [1.165, 1.54) is 25.9 Å². The molecule has 0 radical (unpaired) electrons. The Hall–Kier alpha value is -1.62. The Morgan fingerprint density at radius 2 is 2.25 bits per heavy atom. The van der Waals surface area contributed by atoms with Crippen LogP contribution < -0.4 is 10.6 Å². The van der Waals surface area contributed by atoms with Crippen LogP contribution in [-0.4, -0.2) is 44.1 Å². The number of aliphatic imine (C=N–C) groups is 1. The zero-order chi connectivity index (χ0) is 17.5. The first-order valence-corrected chi connectivity index (χ1v) is 8.99. The minimum atomic E-state index is -0.161. The minimum Gasteiger partial charge on any atom is -0.356 e. The van der Waals surface area contributed by atoms with Gasteiger partial charge in [0.25, 0.3) is 0 Å². The SMILES string of the molecule is CCCN1CCC(CNC(=NC)NC(C)c2ccc(C)c(F)c2)C1. The summed E-state index contributed by atoms with van der Waals surface area (Å²) < 4.78 is 13.7. The highest BCUT2D eigenvalue weighted by Gasteiger charge is 2.21. The van der Waals surface area contributed by atoms with Crippen LogP contribution in [0.2, 0.25) is 0 Å².